The lowest BCUT2D eigenvalue weighted by Crippen LogP contribution is -2.50. The highest BCUT2D eigenvalue weighted by Crippen LogP contribution is 2.64. The summed E-state index contributed by atoms with van der Waals surface area (Å²) >= 11 is 0. The number of allylic oxidation sites excluding steroid dienone is 4. The molecule has 0 radical (unpaired) electrons. The summed E-state index contributed by atoms with van der Waals surface area (Å²) in [7, 11) is 0. The Morgan fingerprint density at radius 2 is 2.00 bits per heavy atom. The zero-order chi connectivity index (χ0) is 16.2. The predicted molar refractivity (Wildman–Crippen MR) is 92.8 cm³/mol. The highest BCUT2D eigenvalue weighted by atomic mass is 16.5. The van der Waals surface area contributed by atoms with Gasteiger partial charge in [-0.05, 0) is 85.7 Å². The van der Waals surface area contributed by atoms with E-state index in [-0.39, 0.29) is 11.5 Å². The summed E-state index contributed by atoms with van der Waals surface area (Å²) in [6.07, 6.45) is 13.1. The van der Waals surface area contributed by atoms with Crippen LogP contribution in [0.4, 0.5) is 0 Å². The van der Waals surface area contributed by atoms with E-state index in [0.717, 1.165) is 37.2 Å². The van der Waals surface area contributed by atoms with E-state index in [2.05, 4.69) is 32.9 Å². The normalized spacial score (nSPS) is 48.7. The van der Waals surface area contributed by atoms with Gasteiger partial charge in [0.2, 0.25) is 0 Å². The topological polar surface area (TPSA) is 29.5 Å². The lowest BCUT2D eigenvalue weighted by molar-refractivity contribution is -0.0635. The van der Waals surface area contributed by atoms with Crippen molar-refractivity contribution < 1.29 is 9.84 Å². The first-order chi connectivity index (χ1) is 11.0. The van der Waals surface area contributed by atoms with Gasteiger partial charge in [0.15, 0.2) is 0 Å². The number of hydrogen-bond donors (Lipinski definition) is 1. The number of fused-ring (bicyclic) bond motifs is 5. The molecule has 0 aliphatic heterocycles. The van der Waals surface area contributed by atoms with Crippen LogP contribution in [0.25, 0.3) is 0 Å². The summed E-state index contributed by atoms with van der Waals surface area (Å²) < 4.78 is 5.80. The fourth-order valence-electron chi connectivity index (χ4n) is 6.57. The van der Waals surface area contributed by atoms with E-state index < -0.39 is 0 Å². The zero-order valence-electron chi connectivity index (χ0n) is 15.0. The van der Waals surface area contributed by atoms with Gasteiger partial charge in [0.05, 0.1) is 18.5 Å². The van der Waals surface area contributed by atoms with Crippen molar-refractivity contribution in [1.29, 1.82) is 0 Å². The average Bonchev–Trinajstić information content (AvgIpc) is 2.84. The number of hydrogen-bond acceptors (Lipinski definition) is 2. The van der Waals surface area contributed by atoms with Crippen LogP contribution in [0.2, 0.25) is 0 Å². The molecule has 2 fully saturated rings. The van der Waals surface area contributed by atoms with E-state index in [9.17, 15) is 5.11 Å². The molecule has 0 bridgehead atoms. The minimum Gasteiger partial charge on any atom is -0.498 e. The molecule has 0 aromatic heterocycles. The van der Waals surface area contributed by atoms with Gasteiger partial charge in [0.1, 0.15) is 0 Å². The monoisotopic (exact) mass is 316 g/mol. The van der Waals surface area contributed by atoms with E-state index in [4.69, 9.17) is 4.74 Å². The number of aliphatic hydroxyl groups excluding tert-OH is 1. The number of ether oxygens (including phenoxy) is 1. The van der Waals surface area contributed by atoms with Crippen molar-refractivity contribution in [2.75, 3.05) is 6.61 Å². The van der Waals surface area contributed by atoms with E-state index >= 15 is 0 Å². The number of rotatable bonds is 2. The maximum Gasteiger partial charge on any atom is 0.0962 e. The predicted octanol–water partition coefficient (Wildman–Crippen LogP) is 4.84. The van der Waals surface area contributed by atoms with Crippen molar-refractivity contribution in [1.82, 2.24) is 0 Å². The molecule has 0 amide bonds. The lowest BCUT2D eigenvalue weighted by atomic mass is 9.48. The van der Waals surface area contributed by atoms with Crippen LogP contribution >= 0.6 is 0 Å². The Morgan fingerprint density at radius 1 is 1.17 bits per heavy atom. The molecule has 6 unspecified atom stereocenters. The first-order valence-corrected chi connectivity index (χ1v) is 9.71. The van der Waals surface area contributed by atoms with Crippen molar-refractivity contribution in [3.63, 3.8) is 0 Å². The second kappa shape index (κ2) is 5.37. The molecule has 0 aromatic carbocycles. The molecule has 4 rings (SSSR count). The van der Waals surface area contributed by atoms with Crippen LogP contribution in [0.5, 0.6) is 0 Å². The average molecular weight is 316 g/mol. The van der Waals surface area contributed by atoms with E-state index in [1.807, 2.05) is 0 Å². The molecule has 2 saturated carbocycles. The van der Waals surface area contributed by atoms with Gasteiger partial charge in [-0.15, -0.1) is 0 Å². The molecule has 23 heavy (non-hydrogen) atoms. The first-order valence-electron chi connectivity index (χ1n) is 9.71. The second-order valence-electron chi connectivity index (χ2n) is 8.87. The first kappa shape index (κ1) is 15.7. The summed E-state index contributed by atoms with van der Waals surface area (Å²) in [5, 5.41) is 10.5. The molecule has 0 saturated heterocycles. The molecule has 4 aliphatic rings. The molecular formula is C21H32O2. The molecule has 4 aliphatic carbocycles. The molecular weight excluding hydrogens is 284 g/mol. The van der Waals surface area contributed by atoms with Gasteiger partial charge in [-0.25, -0.2) is 0 Å². The van der Waals surface area contributed by atoms with Crippen LogP contribution in [-0.2, 0) is 4.74 Å². The van der Waals surface area contributed by atoms with Gasteiger partial charge in [0.25, 0.3) is 0 Å². The Labute approximate surface area is 141 Å². The molecule has 2 heteroatoms. The molecule has 0 spiro atoms. The molecule has 0 heterocycles. The summed E-state index contributed by atoms with van der Waals surface area (Å²) in [5.74, 6) is 3.49. The maximum atomic E-state index is 10.5. The van der Waals surface area contributed by atoms with Gasteiger partial charge < -0.3 is 9.84 Å². The maximum absolute atomic E-state index is 10.5. The van der Waals surface area contributed by atoms with Crippen LogP contribution in [0, 0.1) is 28.6 Å². The summed E-state index contributed by atoms with van der Waals surface area (Å²) in [6.45, 7) is 7.72. The molecule has 2 nitrogen and oxygen atoms in total. The van der Waals surface area contributed by atoms with Crippen molar-refractivity contribution in [2.24, 2.45) is 28.6 Å². The number of aliphatic hydroxyl groups is 1. The molecule has 0 aromatic rings. The van der Waals surface area contributed by atoms with Crippen LogP contribution < -0.4 is 0 Å². The van der Waals surface area contributed by atoms with Crippen molar-refractivity contribution in [3.05, 3.63) is 23.5 Å². The molecule has 1 N–H and O–H groups in total. The Balaban J connectivity index is 1.66. The Kier molecular flexibility index (Phi) is 3.68. The Morgan fingerprint density at radius 3 is 2.78 bits per heavy atom. The van der Waals surface area contributed by atoms with Gasteiger partial charge in [0, 0.05) is 6.42 Å². The van der Waals surface area contributed by atoms with Gasteiger partial charge >= 0.3 is 0 Å². The quantitative estimate of drug-likeness (QED) is 0.790. The van der Waals surface area contributed by atoms with Crippen molar-refractivity contribution >= 4 is 0 Å². The highest BCUT2D eigenvalue weighted by molar-refractivity contribution is 5.35. The van der Waals surface area contributed by atoms with Crippen molar-refractivity contribution in [2.45, 2.75) is 71.8 Å². The smallest absolute Gasteiger partial charge is 0.0962 e. The minimum absolute atomic E-state index is 0.0672. The fraction of sp³-hybridized carbons (Fsp3) is 0.810. The fourth-order valence-corrected chi connectivity index (χ4v) is 6.57. The van der Waals surface area contributed by atoms with Crippen LogP contribution in [0.1, 0.15) is 65.7 Å². The van der Waals surface area contributed by atoms with E-state index in [1.54, 1.807) is 0 Å². The largest absolute Gasteiger partial charge is 0.498 e. The van der Waals surface area contributed by atoms with Crippen LogP contribution in [0.15, 0.2) is 23.5 Å². The zero-order valence-corrected chi connectivity index (χ0v) is 15.0. The summed E-state index contributed by atoms with van der Waals surface area (Å²) in [4.78, 5) is 0. The third-order valence-electron chi connectivity index (χ3n) is 8.01. The summed E-state index contributed by atoms with van der Waals surface area (Å²) in [6, 6.07) is 0. The SMILES string of the molecule is CCOC1=CC2=CCC3C(CCC4(C)C(O)CCC34)C2(C)CC1. The molecule has 6 atom stereocenters. The van der Waals surface area contributed by atoms with Crippen LogP contribution in [-0.4, -0.2) is 17.8 Å². The third kappa shape index (κ3) is 2.17. The third-order valence-corrected chi connectivity index (χ3v) is 8.01. The lowest BCUT2D eigenvalue weighted by Gasteiger charge is -2.56. The highest BCUT2D eigenvalue weighted by Gasteiger charge is 2.58. The van der Waals surface area contributed by atoms with Crippen LogP contribution in [0.3, 0.4) is 0 Å². The van der Waals surface area contributed by atoms with E-state index in [0.29, 0.717) is 5.41 Å². The summed E-state index contributed by atoms with van der Waals surface area (Å²) in [5.41, 5.74) is 2.05. The minimum atomic E-state index is -0.0672. The molecule has 128 valence electrons. The van der Waals surface area contributed by atoms with Gasteiger partial charge in [-0.1, -0.05) is 19.9 Å². The van der Waals surface area contributed by atoms with E-state index in [1.165, 1.54) is 43.4 Å². The second-order valence-corrected chi connectivity index (χ2v) is 8.87. The van der Waals surface area contributed by atoms with Gasteiger partial charge in [-0.3, -0.25) is 0 Å². The Hall–Kier alpha value is -0.760. The Bertz CT molecular complexity index is 548. The van der Waals surface area contributed by atoms with Crippen molar-refractivity contribution in [3.8, 4) is 0 Å². The standard InChI is InChI=1S/C21H32O2/c1-4-23-15-9-11-20(2)14(13-15)5-6-16-17-7-8-19(22)21(17,3)12-10-18(16)20/h5,13,16-19,22H,4,6-12H2,1-3H3. The van der Waals surface area contributed by atoms with Gasteiger partial charge in [-0.2, -0.15) is 0 Å².